The van der Waals surface area contributed by atoms with Crippen LogP contribution in [-0.2, 0) is 14.4 Å². The third-order valence-corrected chi connectivity index (χ3v) is 9.88. The first-order valence-electron chi connectivity index (χ1n) is 12.5. The molecule has 2 aliphatic heterocycles. The number of hydrogen-bond donors (Lipinski definition) is 2. The molecule has 4 aromatic rings. The van der Waals surface area contributed by atoms with Crippen molar-refractivity contribution in [3.05, 3.63) is 102 Å². The number of nitrogens with one attached hydrogen (secondary N) is 2. The number of amides is 3. The number of H-pyrrole nitrogens is 1. The smallest absolute Gasteiger partial charge is 0.305 e. The quantitative estimate of drug-likeness (QED) is 0.260. The third-order valence-electron chi connectivity index (χ3n) is 6.99. The molecule has 208 valence electrons. The van der Waals surface area contributed by atoms with Gasteiger partial charge in [0.05, 0.1) is 16.6 Å². The standard InChI is InChI=1S/C29H21Cl2N3O5S2/c1-14-4-2-3-5-19(14)32-21(35)13-39-20-11-8-16(31)12-18(20)22-23-25(40-26-24(22)41-29(38)33-26)28(37)34(27(23)36)17-9-6-15(30)7-10-17/h2-12,22-23,25H,13H2,1H3,(H,32,35)(H,33,38). The molecular formula is C29H21Cl2N3O5S2. The van der Waals surface area contributed by atoms with Crippen molar-refractivity contribution in [3.63, 3.8) is 0 Å². The van der Waals surface area contributed by atoms with E-state index in [-0.39, 0.29) is 17.4 Å². The highest BCUT2D eigenvalue weighted by atomic mass is 35.5. The molecule has 3 aromatic carbocycles. The van der Waals surface area contributed by atoms with E-state index >= 15 is 0 Å². The molecule has 3 amide bonds. The van der Waals surface area contributed by atoms with Gasteiger partial charge in [-0.1, -0.05) is 64.5 Å². The first kappa shape index (κ1) is 27.6. The van der Waals surface area contributed by atoms with Crippen LogP contribution in [0.4, 0.5) is 11.4 Å². The second kappa shape index (κ2) is 11.0. The average molecular weight is 627 g/mol. The Balaban J connectivity index is 1.37. The van der Waals surface area contributed by atoms with Gasteiger partial charge in [0.1, 0.15) is 11.0 Å². The minimum atomic E-state index is -0.844. The van der Waals surface area contributed by atoms with E-state index in [9.17, 15) is 19.2 Å². The molecule has 41 heavy (non-hydrogen) atoms. The summed E-state index contributed by atoms with van der Waals surface area (Å²) in [4.78, 5) is 57.1. The Hall–Kier alpha value is -3.57. The van der Waals surface area contributed by atoms with Crippen molar-refractivity contribution in [3.8, 4) is 5.75 Å². The predicted molar refractivity (Wildman–Crippen MR) is 161 cm³/mol. The topological polar surface area (TPSA) is 109 Å². The van der Waals surface area contributed by atoms with Crippen LogP contribution in [0.3, 0.4) is 0 Å². The summed E-state index contributed by atoms with van der Waals surface area (Å²) >= 11 is 14.6. The molecule has 1 fully saturated rings. The van der Waals surface area contributed by atoms with Crippen molar-refractivity contribution in [1.29, 1.82) is 0 Å². The Morgan fingerprint density at radius 3 is 2.49 bits per heavy atom. The van der Waals surface area contributed by atoms with E-state index in [1.165, 1.54) is 16.7 Å². The highest BCUT2D eigenvalue weighted by Gasteiger charge is 2.56. The minimum absolute atomic E-state index is 0.302. The van der Waals surface area contributed by atoms with Gasteiger partial charge in [0.2, 0.25) is 11.8 Å². The van der Waals surface area contributed by atoms with Crippen LogP contribution in [0.5, 0.6) is 5.75 Å². The van der Waals surface area contributed by atoms with Crippen LogP contribution >= 0.6 is 46.3 Å². The van der Waals surface area contributed by atoms with E-state index in [0.717, 1.165) is 16.9 Å². The number of hydrogen-bond acceptors (Lipinski definition) is 7. The van der Waals surface area contributed by atoms with Crippen LogP contribution in [-0.4, -0.2) is 34.6 Å². The van der Waals surface area contributed by atoms with Gasteiger partial charge in [0.25, 0.3) is 5.91 Å². The lowest BCUT2D eigenvalue weighted by Crippen LogP contribution is -2.32. The number of benzene rings is 3. The lowest BCUT2D eigenvalue weighted by molar-refractivity contribution is -0.122. The number of carbonyl (C=O) groups is 3. The molecule has 0 radical (unpaired) electrons. The largest absolute Gasteiger partial charge is 0.483 e. The van der Waals surface area contributed by atoms with Gasteiger partial charge in [-0.3, -0.25) is 19.2 Å². The average Bonchev–Trinajstić information content (AvgIpc) is 3.44. The van der Waals surface area contributed by atoms with Crippen molar-refractivity contribution in [2.75, 3.05) is 16.8 Å². The number of para-hydroxylation sites is 1. The molecule has 2 N–H and O–H groups in total. The summed E-state index contributed by atoms with van der Waals surface area (Å²) < 4.78 is 5.99. The predicted octanol–water partition coefficient (Wildman–Crippen LogP) is 5.86. The number of fused-ring (bicyclic) bond motifs is 2. The van der Waals surface area contributed by atoms with E-state index in [1.807, 2.05) is 25.1 Å². The molecule has 2 aliphatic rings. The monoisotopic (exact) mass is 625 g/mol. The zero-order chi connectivity index (χ0) is 28.8. The molecule has 8 nitrogen and oxygen atoms in total. The molecule has 12 heteroatoms. The number of carbonyl (C=O) groups excluding carboxylic acids is 3. The Kier molecular flexibility index (Phi) is 7.41. The number of nitrogens with zero attached hydrogens (tertiary/aromatic N) is 1. The Labute approximate surface area is 252 Å². The molecule has 0 spiro atoms. The maximum Gasteiger partial charge on any atom is 0.305 e. The molecule has 3 atom stereocenters. The van der Waals surface area contributed by atoms with Gasteiger partial charge in [0, 0.05) is 32.1 Å². The van der Waals surface area contributed by atoms with Crippen molar-refractivity contribution in [2.45, 2.75) is 23.1 Å². The number of thioether (sulfide) groups is 1. The van der Waals surface area contributed by atoms with E-state index in [2.05, 4.69) is 10.3 Å². The maximum atomic E-state index is 14.0. The van der Waals surface area contributed by atoms with Gasteiger partial charge in [-0.05, 0) is 61.0 Å². The van der Waals surface area contributed by atoms with Crippen LogP contribution in [0.25, 0.3) is 0 Å². The maximum absolute atomic E-state index is 14.0. The van der Waals surface area contributed by atoms with Gasteiger partial charge < -0.3 is 15.0 Å². The zero-order valence-corrected chi connectivity index (χ0v) is 24.5. The number of anilines is 2. The minimum Gasteiger partial charge on any atom is -0.483 e. The Morgan fingerprint density at radius 2 is 1.73 bits per heavy atom. The molecule has 0 aliphatic carbocycles. The number of thiazole rings is 1. The fourth-order valence-electron chi connectivity index (χ4n) is 5.13. The molecular weight excluding hydrogens is 605 g/mol. The van der Waals surface area contributed by atoms with E-state index in [4.69, 9.17) is 27.9 Å². The van der Waals surface area contributed by atoms with Gasteiger partial charge in [-0.25, -0.2) is 4.90 Å². The summed E-state index contributed by atoms with van der Waals surface area (Å²) in [6.45, 7) is 1.58. The van der Waals surface area contributed by atoms with E-state index in [0.29, 0.717) is 42.6 Å². The van der Waals surface area contributed by atoms with Gasteiger partial charge >= 0.3 is 4.87 Å². The summed E-state index contributed by atoms with van der Waals surface area (Å²) in [5.41, 5.74) is 2.49. The summed E-state index contributed by atoms with van der Waals surface area (Å²) in [5, 5.41) is 3.42. The summed E-state index contributed by atoms with van der Waals surface area (Å²) in [5.74, 6) is -2.41. The van der Waals surface area contributed by atoms with Crippen LogP contribution in [0.15, 0.2) is 76.6 Å². The Morgan fingerprint density at radius 1 is 1.00 bits per heavy atom. The second-order valence-corrected chi connectivity index (χ2v) is 12.6. The number of aryl methyl sites for hydroxylation is 1. The number of rotatable bonds is 6. The van der Waals surface area contributed by atoms with Crippen LogP contribution in [0.1, 0.15) is 21.9 Å². The SMILES string of the molecule is Cc1ccccc1NC(=O)COc1ccc(Cl)cc1C1c2sc(=O)[nH]c2SC2C(=O)N(c3ccc(Cl)cc3)C(=O)C21. The highest BCUT2D eigenvalue weighted by molar-refractivity contribution is 8.00. The molecule has 1 aromatic heterocycles. The lowest BCUT2D eigenvalue weighted by atomic mass is 9.82. The third kappa shape index (κ3) is 5.17. The van der Waals surface area contributed by atoms with Crippen molar-refractivity contribution >= 4 is 75.4 Å². The van der Waals surface area contributed by atoms with E-state index < -0.39 is 28.9 Å². The molecule has 0 saturated carbocycles. The van der Waals surface area contributed by atoms with Gasteiger partial charge in [0.15, 0.2) is 6.61 Å². The Bertz CT molecular complexity index is 1750. The van der Waals surface area contributed by atoms with Crippen molar-refractivity contribution in [2.24, 2.45) is 5.92 Å². The van der Waals surface area contributed by atoms with Crippen LogP contribution < -0.4 is 19.8 Å². The van der Waals surface area contributed by atoms with Crippen molar-refractivity contribution < 1.29 is 19.1 Å². The fourth-order valence-corrected chi connectivity index (χ4v) is 7.95. The summed E-state index contributed by atoms with van der Waals surface area (Å²) in [6, 6.07) is 18.8. The molecule has 0 bridgehead atoms. The molecule has 1 saturated heterocycles. The number of aromatic nitrogens is 1. The summed E-state index contributed by atoms with van der Waals surface area (Å²) in [6.07, 6.45) is 0. The first-order chi connectivity index (χ1) is 19.7. The van der Waals surface area contributed by atoms with Gasteiger partial charge in [-0.15, -0.1) is 0 Å². The zero-order valence-electron chi connectivity index (χ0n) is 21.4. The lowest BCUT2D eigenvalue weighted by Gasteiger charge is -2.31. The normalized spacial score (nSPS) is 19.6. The number of ether oxygens (including phenoxy) is 1. The molecule has 3 heterocycles. The fraction of sp³-hybridized carbons (Fsp3) is 0.172. The first-order valence-corrected chi connectivity index (χ1v) is 15.0. The number of halogens is 2. The van der Waals surface area contributed by atoms with Crippen LogP contribution in [0, 0.1) is 12.8 Å². The second-order valence-electron chi connectivity index (χ2n) is 9.57. The van der Waals surface area contributed by atoms with Crippen molar-refractivity contribution in [1.82, 2.24) is 4.98 Å². The van der Waals surface area contributed by atoms with E-state index in [1.54, 1.807) is 48.5 Å². The number of aromatic amines is 1. The van der Waals surface area contributed by atoms with Gasteiger partial charge in [-0.2, -0.15) is 0 Å². The highest BCUT2D eigenvalue weighted by Crippen LogP contribution is 2.54. The number of imide groups is 1. The molecule has 6 rings (SSSR count). The van der Waals surface area contributed by atoms with Crippen LogP contribution in [0.2, 0.25) is 10.0 Å². The molecule has 3 unspecified atom stereocenters. The summed E-state index contributed by atoms with van der Waals surface area (Å²) in [7, 11) is 0.